The van der Waals surface area contributed by atoms with Gasteiger partial charge >= 0.3 is 5.97 Å². The van der Waals surface area contributed by atoms with Crippen LogP contribution in [0.5, 0.6) is 0 Å². The largest absolute Gasteiger partial charge is 0.469 e. The van der Waals surface area contributed by atoms with E-state index >= 15 is 0 Å². The quantitative estimate of drug-likeness (QED) is 0.539. The van der Waals surface area contributed by atoms with E-state index < -0.39 is 0 Å². The molecular weight excluding hydrogens is 326 g/mol. The molecule has 0 saturated heterocycles. The van der Waals surface area contributed by atoms with E-state index in [2.05, 4.69) is 17.4 Å². The van der Waals surface area contributed by atoms with Crippen LogP contribution in [0, 0.1) is 5.92 Å². The number of rotatable bonds is 9. The van der Waals surface area contributed by atoms with Gasteiger partial charge in [-0.3, -0.25) is 9.59 Å². The molecule has 0 fully saturated rings. The van der Waals surface area contributed by atoms with Crippen molar-refractivity contribution in [3.8, 4) is 0 Å². The van der Waals surface area contributed by atoms with Crippen LogP contribution in [0.2, 0.25) is 0 Å². The lowest BCUT2D eigenvalue weighted by Gasteiger charge is -2.14. The molecule has 26 heavy (non-hydrogen) atoms. The van der Waals surface area contributed by atoms with Crippen molar-refractivity contribution < 1.29 is 14.3 Å². The number of amides is 1. The number of hydrogen-bond acceptors (Lipinski definition) is 3. The monoisotopic (exact) mass is 351 g/mol. The molecule has 1 amide bonds. The lowest BCUT2D eigenvalue weighted by atomic mass is 9.91. The zero-order valence-corrected chi connectivity index (χ0v) is 15.1. The molecule has 1 atom stereocenters. The van der Waals surface area contributed by atoms with Gasteiger partial charge in [-0.15, -0.1) is 0 Å². The molecule has 0 aliphatic carbocycles. The predicted molar refractivity (Wildman–Crippen MR) is 104 cm³/mol. The first-order valence-corrected chi connectivity index (χ1v) is 8.80. The van der Waals surface area contributed by atoms with Gasteiger partial charge < -0.3 is 10.1 Å². The van der Waals surface area contributed by atoms with Crippen molar-refractivity contribution in [3.63, 3.8) is 0 Å². The molecule has 0 heterocycles. The van der Waals surface area contributed by atoms with Gasteiger partial charge in [-0.25, -0.2) is 0 Å². The summed E-state index contributed by atoms with van der Waals surface area (Å²) in [4.78, 5) is 23.4. The molecule has 4 heteroatoms. The Morgan fingerprint density at radius 2 is 1.69 bits per heavy atom. The number of anilines is 1. The van der Waals surface area contributed by atoms with E-state index in [4.69, 9.17) is 4.74 Å². The van der Waals surface area contributed by atoms with E-state index in [1.165, 1.54) is 12.7 Å². The molecule has 4 nitrogen and oxygen atoms in total. The Balaban J connectivity index is 1.89. The van der Waals surface area contributed by atoms with Crippen molar-refractivity contribution in [2.24, 2.45) is 5.92 Å². The summed E-state index contributed by atoms with van der Waals surface area (Å²) < 4.78 is 4.74. The van der Waals surface area contributed by atoms with Crippen molar-refractivity contribution in [1.82, 2.24) is 0 Å². The van der Waals surface area contributed by atoms with Crippen LogP contribution >= 0.6 is 0 Å². The molecule has 0 aliphatic rings. The second-order valence-electron chi connectivity index (χ2n) is 6.16. The summed E-state index contributed by atoms with van der Waals surface area (Å²) in [6, 6.07) is 19.5. The molecule has 136 valence electrons. The zero-order valence-electron chi connectivity index (χ0n) is 15.1. The normalized spacial score (nSPS) is 11.9. The van der Waals surface area contributed by atoms with Gasteiger partial charge in [0, 0.05) is 12.1 Å². The zero-order chi connectivity index (χ0) is 18.6. The summed E-state index contributed by atoms with van der Waals surface area (Å²) in [6.07, 6.45) is 6.15. The Morgan fingerprint density at radius 1 is 1.04 bits per heavy atom. The van der Waals surface area contributed by atoms with Gasteiger partial charge in [-0.1, -0.05) is 54.6 Å². The first-order valence-electron chi connectivity index (χ1n) is 8.80. The first-order chi connectivity index (χ1) is 12.7. The van der Waals surface area contributed by atoms with Gasteiger partial charge in [0.1, 0.15) is 0 Å². The minimum Gasteiger partial charge on any atom is -0.469 e. The Kier molecular flexibility index (Phi) is 8.13. The number of hydrogen-bond donors (Lipinski definition) is 1. The number of nitrogens with one attached hydrogen (secondary N) is 1. The van der Waals surface area contributed by atoms with Crippen LogP contribution in [0.1, 0.15) is 24.8 Å². The average Bonchev–Trinajstić information content (AvgIpc) is 2.67. The number of methoxy groups -OCH3 is 1. The molecule has 0 saturated carbocycles. The molecule has 0 spiro atoms. The lowest BCUT2D eigenvalue weighted by Crippen LogP contribution is -2.10. The standard InChI is InChI=1S/C22H25NO3/c1-26-22(25)16-15-19(17-18-9-4-2-5-10-18)11-8-14-21(24)23-20-12-6-3-7-13-20/h2-10,12-14,19H,11,15-17H2,1H3,(H,23,24)/b14-8+/t19-/m0/s1. The molecular formula is C22H25NO3. The van der Waals surface area contributed by atoms with Gasteiger partial charge in [0.2, 0.25) is 5.91 Å². The molecule has 2 aromatic rings. The van der Waals surface area contributed by atoms with E-state index in [0.29, 0.717) is 6.42 Å². The van der Waals surface area contributed by atoms with Crippen LogP contribution in [-0.2, 0) is 20.7 Å². The van der Waals surface area contributed by atoms with Crippen LogP contribution in [0.4, 0.5) is 5.69 Å². The van der Waals surface area contributed by atoms with Gasteiger partial charge in [0.15, 0.2) is 0 Å². The van der Waals surface area contributed by atoms with Crippen molar-refractivity contribution in [2.45, 2.75) is 25.7 Å². The molecule has 2 rings (SSSR count). The highest BCUT2D eigenvalue weighted by Gasteiger charge is 2.11. The van der Waals surface area contributed by atoms with E-state index in [0.717, 1.165) is 24.9 Å². The predicted octanol–water partition coefficient (Wildman–Crippen LogP) is 4.38. The highest BCUT2D eigenvalue weighted by atomic mass is 16.5. The Labute approximate surface area is 154 Å². The summed E-state index contributed by atoms with van der Waals surface area (Å²) in [6.45, 7) is 0. The lowest BCUT2D eigenvalue weighted by molar-refractivity contribution is -0.141. The molecule has 0 aromatic heterocycles. The van der Waals surface area contributed by atoms with Crippen molar-refractivity contribution in [1.29, 1.82) is 0 Å². The van der Waals surface area contributed by atoms with E-state index in [1.54, 1.807) is 6.08 Å². The summed E-state index contributed by atoms with van der Waals surface area (Å²) >= 11 is 0. The van der Waals surface area contributed by atoms with Crippen LogP contribution in [0.15, 0.2) is 72.8 Å². The maximum absolute atomic E-state index is 12.0. The number of ether oxygens (including phenoxy) is 1. The Bertz CT molecular complexity index is 711. The number of esters is 1. The van der Waals surface area contributed by atoms with Crippen molar-refractivity contribution in [2.75, 3.05) is 12.4 Å². The SMILES string of the molecule is COC(=O)CC[C@H](C/C=C/C(=O)Nc1ccccc1)Cc1ccccc1. The van der Waals surface area contributed by atoms with E-state index in [9.17, 15) is 9.59 Å². The molecule has 0 bridgehead atoms. The van der Waals surface area contributed by atoms with Crippen LogP contribution < -0.4 is 5.32 Å². The van der Waals surface area contributed by atoms with E-state index in [-0.39, 0.29) is 17.8 Å². The third-order valence-electron chi connectivity index (χ3n) is 4.13. The van der Waals surface area contributed by atoms with Crippen molar-refractivity contribution >= 4 is 17.6 Å². The fourth-order valence-corrected chi connectivity index (χ4v) is 2.75. The summed E-state index contributed by atoms with van der Waals surface area (Å²) in [5.74, 6) is -0.0752. The average molecular weight is 351 g/mol. The molecule has 0 aliphatic heterocycles. The third kappa shape index (κ3) is 7.34. The number of para-hydroxylation sites is 1. The molecule has 0 unspecified atom stereocenters. The summed E-state index contributed by atoms with van der Waals surface area (Å²) in [5, 5.41) is 2.82. The minimum atomic E-state index is -0.200. The minimum absolute atomic E-state index is 0.150. The van der Waals surface area contributed by atoms with Gasteiger partial charge in [0.05, 0.1) is 7.11 Å². The van der Waals surface area contributed by atoms with Crippen LogP contribution in [-0.4, -0.2) is 19.0 Å². The molecule has 0 radical (unpaired) electrons. The number of benzene rings is 2. The third-order valence-corrected chi connectivity index (χ3v) is 4.13. The van der Waals surface area contributed by atoms with Gasteiger partial charge in [-0.05, 0) is 49.0 Å². The maximum Gasteiger partial charge on any atom is 0.305 e. The highest BCUT2D eigenvalue weighted by molar-refractivity contribution is 5.99. The molecule has 1 N–H and O–H groups in total. The van der Waals surface area contributed by atoms with Gasteiger partial charge in [-0.2, -0.15) is 0 Å². The Hall–Kier alpha value is -2.88. The summed E-state index contributed by atoms with van der Waals surface area (Å²) in [5.41, 5.74) is 2.00. The van der Waals surface area contributed by atoms with Crippen molar-refractivity contribution in [3.05, 3.63) is 78.4 Å². The first kappa shape index (κ1) is 19.4. The second kappa shape index (κ2) is 10.9. The fourth-order valence-electron chi connectivity index (χ4n) is 2.75. The maximum atomic E-state index is 12.0. The fraction of sp³-hybridized carbons (Fsp3) is 0.273. The number of carbonyl (C=O) groups excluding carboxylic acids is 2. The van der Waals surface area contributed by atoms with Crippen LogP contribution in [0.3, 0.4) is 0 Å². The number of carbonyl (C=O) groups is 2. The Morgan fingerprint density at radius 3 is 2.35 bits per heavy atom. The molecule has 2 aromatic carbocycles. The smallest absolute Gasteiger partial charge is 0.305 e. The topological polar surface area (TPSA) is 55.4 Å². The number of allylic oxidation sites excluding steroid dienone is 1. The van der Waals surface area contributed by atoms with E-state index in [1.807, 2.05) is 54.6 Å². The summed E-state index contributed by atoms with van der Waals surface area (Å²) in [7, 11) is 1.41. The van der Waals surface area contributed by atoms with Crippen LogP contribution in [0.25, 0.3) is 0 Å². The highest BCUT2D eigenvalue weighted by Crippen LogP contribution is 2.19. The second-order valence-corrected chi connectivity index (χ2v) is 6.16. The van der Waals surface area contributed by atoms with Gasteiger partial charge in [0.25, 0.3) is 0 Å².